The molecular weight excluding hydrogens is 434 g/mol. The minimum atomic E-state index is -0.905. The predicted octanol–water partition coefficient (Wildman–Crippen LogP) is 4.87. The van der Waals surface area contributed by atoms with Crippen molar-refractivity contribution in [2.24, 2.45) is 0 Å². The van der Waals surface area contributed by atoms with E-state index in [4.69, 9.17) is 0 Å². The van der Waals surface area contributed by atoms with Gasteiger partial charge in [0.1, 0.15) is 5.69 Å². The van der Waals surface area contributed by atoms with Crippen LogP contribution in [0.5, 0.6) is 0 Å². The Kier molecular flexibility index (Phi) is 6.22. The zero-order chi connectivity index (χ0) is 22.7. The number of nitrogens with one attached hydrogen (secondary N) is 1. The maximum absolute atomic E-state index is 13.4. The second-order valence-corrected chi connectivity index (χ2v) is 8.20. The summed E-state index contributed by atoms with van der Waals surface area (Å²) in [5.41, 5.74) is 2.22. The molecule has 0 atom stereocenters. The third-order valence-electron chi connectivity index (χ3n) is 4.62. The van der Waals surface area contributed by atoms with E-state index in [1.807, 2.05) is 28.3 Å². The van der Waals surface area contributed by atoms with Crippen LogP contribution < -0.4 is 5.32 Å². The standard InChI is InChI=1S/C22H20F2N6OS/c1-14(2)30-11-16(25-13-30)5-6-17-12-32-22(26-17)28-21(31)18-4-3-7-29(18)10-15-8-19(23)27-20(24)9-15/h3-9,11-14H,10H2,1-2H3,(H,26,28,31). The van der Waals surface area contributed by atoms with Crippen LogP contribution in [-0.4, -0.2) is 30.0 Å². The normalized spacial score (nSPS) is 11.5. The Bertz CT molecular complexity index is 1250. The van der Waals surface area contributed by atoms with Crippen LogP contribution in [0.1, 0.15) is 47.3 Å². The van der Waals surface area contributed by atoms with Crippen molar-refractivity contribution in [2.45, 2.75) is 26.4 Å². The van der Waals surface area contributed by atoms with Crippen LogP contribution in [0.3, 0.4) is 0 Å². The highest BCUT2D eigenvalue weighted by Gasteiger charge is 2.14. The van der Waals surface area contributed by atoms with E-state index in [0.717, 1.165) is 17.8 Å². The zero-order valence-corrected chi connectivity index (χ0v) is 18.2. The second-order valence-electron chi connectivity index (χ2n) is 7.35. The molecule has 0 spiro atoms. The molecule has 0 fully saturated rings. The summed E-state index contributed by atoms with van der Waals surface area (Å²) in [6.45, 7) is 4.28. The molecule has 0 aliphatic heterocycles. The molecule has 1 amide bonds. The molecule has 0 saturated heterocycles. The van der Waals surface area contributed by atoms with Crippen LogP contribution in [0.4, 0.5) is 13.9 Å². The third kappa shape index (κ3) is 5.14. The number of anilines is 1. The first kappa shape index (κ1) is 21.6. The second kappa shape index (κ2) is 9.23. The van der Waals surface area contributed by atoms with Gasteiger partial charge >= 0.3 is 0 Å². The van der Waals surface area contributed by atoms with Gasteiger partial charge in [-0.05, 0) is 55.8 Å². The number of rotatable bonds is 7. The molecule has 1 N–H and O–H groups in total. The van der Waals surface area contributed by atoms with Gasteiger partial charge in [-0.2, -0.15) is 13.8 Å². The lowest BCUT2D eigenvalue weighted by Crippen LogP contribution is -2.17. The summed E-state index contributed by atoms with van der Waals surface area (Å²) in [5, 5.41) is 5.03. The molecular formula is C22H20F2N6OS. The van der Waals surface area contributed by atoms with Crippen LogP contribution in [0, 0.1) is 11.9 Å². The van der Waals surface area contributed by atoms with Crippen LogP contribution in [0.15, 0.2) is 48.4 Å². The average Bonchev–Trinajstić information content (AvgIpc) is 3.46. The molecule has 0 aliphatic rings. The van der Waals surface area contributed by atoms with Gasteiger partial charge < -0.3 is 9.13 Å². The Morgan fingerprint density at radius 3 is 2.66 bits per heavy atom. The molecule has 0 unspecified atom stereocenters. The summed E-state index contributed by atoms with van der Waals surface area (Å²) >= 11 is 1.30. The van der Waals surface area contributed by atoms with Crippen molar-refractivity contribution in [1.82, 2.24) is 24.1 Å². The van der Waals surface area contributed by atoms with Crippen LogP contribution in [0.25, 0.3) is 12.2 Å². The molecule has 0 bridgehead atoms. The summed E-state index contributed by atoms with van der Waals surface area (Å²) in [6, 6.07) is 5.92. The molecule has 164 valence electrons. The number of carbonyl (C=O) groups is 1. The van der Waals surface area contributed by atoms with Gasteiger partial charge in [-0.25, -0.2) is 9.97 Å². The molecule has 0 saturated carbocycles. The molecule has 0 radical (unpaired) electrons. The van der Waals surface area contributed by atoms with Crippen molar-refractivity contribution in [2.75, 3.05) is 5.32 Å². The van der Waals surface area contributed by atoms with Gasteiger partial charge in [-0.1, -0.05) is 0 Å². The lowest BCUT2D eigenvalue weighted by molar-refractivity contribution is 0.101. The number of imidazole rings is 1. The van der Waals surface area contributed by atoms with E-state index in [9.17, 15) is 13.6 Å². The quantitative estimate of drug-likeness (QED) is 0.404. The number of pyridine rings is 1. The first-order valence-electron chi connectivity index (χ1n) is 9.83. The van der Waals surface area contributed by atoms with Gasteiger partial charge in [0, 0.05) is 30.4 Å². The highest BCUT2D eigenvalue weighted by atomic mass is 32.1. The minimum Gasteiger partial charge on any atom is -0.339 e. The maximum Gasteiger partial charge on any atom is 0.274 e. The van der Waals surface area contributed by atoms with Crippen molar-refractivity contribution in [3.63, 3.8) is 0 Å². The Labute approximate surface area is 187 Å². The topological polar surface area (TPSA) is 77.6 Å². The smallest absolute Gasteiger partial charge is 0.274 e. The summed E-state index contributed by atoms with van der Waals surface area (Å²) in [6.07, 6.45) is 9.08. The first-order chi connectivity index (χ1) is 15.4. The first-order valence-corrected chi connectivity index (χ1v) is 10.7. The number of hydrogen-bond donors (Lipinski definition) is 1. The van der Waals surface area contributed by atoms with E-state index in [-0.39, 0.29) is 12.5 Å². The molecule has 7 nitrogen and oxygen atoms in total. The van der Waals surface area contributed by atoms with Crippen LogP contribution in [0.2, 0.25) is 0 Å². The number of amides is 1. The molecule has 0 aromatic carbocycles. The highest BCUT2D eigenvalue weighted by molar-refractivity contribution is 7.14. The highest BCUT2D eigenvalue weighted by Crippen LogP contribution is 2.19. The molecule has 32 heavy (non-hydrogen) atoms. The monoisotopic (exact) mass is 454 g/mol. The van der Waals surface area contributed by atoms with Crippen molar-refractivity contribution in [3.05, 3.63) is 82.9 Å². The van der Waals surface area contributed by atoms with E-state index in [0.29, 0.717) is 28.1 Å². The summed E-state index contributed by atoms with van der Waals surface area (Å²) in [5.74, 6) is -2.18. The maximum atomic E-state index is 13.4. The van der Waals surface area contributed by atoms with Gasteiger partial charge in [0.15, 0.2) is 5.13 Å². The third-order valence-corrected chi connectivity index (χ3v) is 5.40. The largest absolute Gasteiger partial charge is 0.339 e. The molecule has 10 heteroatoms. The Balaban J connectivity index is 1.42. The molecule has 0 aliphatic carbocycles. The van der Waals surface area contributed by atoms with Gasteiger partial charge in [0.2, 0.25) is 11.9 Å². The van der Waals surface area contributed by atoms with Crippen LogP contribution >= 0.6 is 11.3 Å². The van der Waals surface area contributed by atoms with Gasteiger partial charge in [0.05, 0.1) is 17.7 Å². The van der Waals surface area contributed by atoms with Crippen molar-refractivity contribution < 1.29 is 13.6 Å². The fourth-order valence-electron chi connectivity index (χ4n) is 3.03. The van der Waals surface area contributed by atoms with E-state index >= 15 is 0 Å². The number of nitrogens with zero attached hydrogens (tertiary/aromatic N) is 5. The average molecular weight is 455 g/mol. The van der Waals surface area contributed by atoms with Crippen molar-refractivity contribution in [3.8, 4) is 0 Å². The fraction of sp³-hybridized carbons (Fsp3) is 0.182. The zero-order valence-electron chi connectivity index (χ0n) is 17.4. The number of halogens is 2. The number of hydrogen-bond acceptors (Lipinski definition) is 5. The number of carbonyl (C=O) groups excluding carboxylic acids is 1. The number of aromatic nitrogens is 5. The minimum absolute atomic E-state index is 0.126. The lowest BCUT2D eigenvalue weighted by atomic mass is 10.2. The Hall–Kier alpha value is -3.66. The summed E-state index contributed by atoms with van der Waals surface area (Å²) in [7, 11) is 0. The Morgan fingerprint density at radius 1 is 1.19 bits per heavy atom. The lowest BCUT2D eigenvalue weighted by Gasteiger charge is -2.09. The molecule has 4 aromatic heterocycles. The van der Waals surface area contributed by atoms with Crippen LogP contribution in [-0.2, 0) is 6.54 Å². The van der Waals surface area contributed by atoms with Crippen molar-refractivity contribution in [1.29, 1.82) is 0 Å². The summed E-state index contributed by atoms with van der Waals surface area (Å²) < 4.78 is 30.3. The molecule has 4 heterocycles. The van der Waals surface area contributed by atoms with Gasteiger partial charge in [-0.3, -0.25) is 10.1 Å². The van der Waals surface area contributed by atoms with E-state index in [1.165, 1.54) is 11.3 Å². The van der Waals surface area contributed by atoms with E-state index in [2.05, 4.69) is 34.1 Å². The number of thiazole rings is 1. The SMILES string of the molecule is CC(C)n1cnc(C=Cc2csc(NC(=O)c3cccn3Cc3cc(F)nc(F)c3)n2)c1. The van der Waals surface area contributed by atoms with Gasteiger partial charge in [0.25, 0.3) is 5.91 Å². The molecule has 4 aromatic rings. The Morgan fingerprint density at radius 2 is 1.94 bits per heavy atom. The fourth-order valence-corrected chi connectivity index (χ4v) is 3.71. The predicted molar refractivity (Wildman–Crippen MR) is 119 cm³/mol. The van der Waals surface area contributed by atoms with Gasteiger partial charge in [-0.15, -0.1) is 11.3 Å². The van der Waals surface area contributed by atoms with E-state index in [1.54, 1.807) is 29.2 Å². The van der Waals surface area contributed by atoms with E-state index < -0.39 is 11.9 Å². The molecule has 4 rings (SSSR count). The summed E-state index contributed by atoms with van der Waals surface area (Å²) in [4.78, 5) is 24.5. The van der Waals surface area contributed by atoms with Crippen molar-refractivity contribution >= 4 is 34.5 Å².